The van der Waals surface area contributed by atoms with Crippen molar-refractivity contribution < 1.29 is 9.53 Å². The van der Waals surface area contributed by atoms with E-state index in [4.69, 9.17) is 16.3 Å². The van der Waals surface area contributed by atoms with Crippen LogP contribution in [0.2, 0.25) is 5.02 Å². The summed E-state index contributed by atoms with van der Waals surface area (Å²) in [4.78, 5) is 18.7. The van der Waals surface area contributed by atoms with Crippen molar-refractivity contribution in [3.05, 3.63) is 23.4 Å². The summed E-state index contributed by atoms with van der Waals surface area (Å²) < 4.78 is 5.62. The molecule has 0 aliphatic carbocycles. The number of aromatic nitrogens is 1. The summed E-state index contributed by atoms with van der Waals surface area (Å²) in [5.41, 5.74) is 0. The number of rotatable bonds is 7. The second kappa shape index (κ2) is 9.21. The maximum atomic E-state index is 12.3. The molecule has 1 amide bonds. The highest BCUT2D eigenvalue weighted by Gasteiger charge is 2.25. The van der Waals surface area contributed by atoms with Crippen LogP contribution in [-0.2, 0) is 9.53 Å². The van der Waals surface area contributed by atoms with Gasteiger partial charge in [-0.3, -0.25) is 4.79 Å². The lowest BCUT2D eigenvalue weighted by Gasteiger charge is -2.31. The van der Waals surface area contributed by atoms with Crippen LogP contribution in [0.25, 0.3) is 0 Å². The highest BCUT2D eigenvalue weighted by molar-refractivity contribution is 6.30. The molecule has 1 aromatic heterocycles. The Kier molecular flexibility index (Phi) is 7.27. The van der Waals surface area contributed by atoms with Gasteiger partial charge in [0.25, 0.3) is 0 Å². The molecule has 0 radical (unpaired) electrons. The summed E-state index contributed by atoms with van der Waals surface area (Å²) >= 11 is 5.79. The molecule has 0 aromatic carbocycles. The number of nitrogens with one attached hydrogen (secondary N) is 1. The van der Waals surface area contributed by atoms with Crippen LogP contribution in [0.15, 0.2) is 18.3 Å². The number of amides is 1. The highest BCUT2D eigenvalue weighted by atomic mass is 35.5. The first-order valence-electron chi connectivity index (χ1n) is 8.27. The Morgan fingerprint density at radius 3 is 2.78 bits per heavy atom. The minimum absolute atomic E-state index is 0.0514. The van der Waals surface area contributed by atoms with Crippen LogP contribution >= 0.6 is 11.6 Å². The molecule has 128 valence electrons. The minimum Gasteiger partial charge on any atom is -0.380 e. The van der Waals surface area contributed by atoms with Crippen LogP contribution < -0.4 is 5.32 Å². The zero-order chi connectivity index (χ0) is 16.7. The van der Waals surface area contributed by atoms with Crippen molar-refractivity contribution in [1.29, 1.82) is 0 Å². The number of ether oxygens (including phenoxy) is 1. The molecule has 0 atom stereocenters. The van der Waals surface area contributed by atoms with Crippen molar-refractivity contribution in [3.63, 3.8) is 0 Å². The largest absolute Gasteiger partial charge is 0.380 e. The number of halogens is 1. The molecule has 0 saturated carbocycles. The number of hydrogen-bond acceptors (Lipinski definition) is 4. The summed E-state index contributed by atoms with van der Waals surface area (Å²) in [6, 6.07) is 3.45. The molecule has 1 N–H and O–H groups in total. The van der Waals surface area contributed by atoms with Crippen LogP contribution in [0.3, 0.4) is 0 Å². The molecule has 2 heterocycles. The standard InChI is InChI=1S/C17H26ClN3O2/c1-13(2)12-23-10-9-21-7-5-14(6-8-21)17(22)20-16-4-3-15(18)11-19-16/h3-4,11,13-14H,5-10,12H2,1-2H3,(H,19,20,22). The van der Waals surface area contributed by atoms with Gasteiger partial charge in [-0.2, -0.15) is 0 Å². The van der Waals surface area contributed by atoms with Crippen molar-refractivity contribution in [2.45, 2.75) is 26.7 Å². The topological polar surface area (TPSA) is 54.5 Å². The lowest BCUT2D eigenvalue weighted by atomic mass is 9.96. The van der Waals surface area contributed by atoms with Crippen molar-refractivity contribution in [1.82, 2.24) is 9.88 Å². The van der Waals surface area contributed by atoms with Crippen molar-refractivity contribution in [3.8, 4) is 0 Å². The van der Waals surface area contributed by atoms with E-state index < -0.39 is 0 Å². The summed E-state index contributed by atoms with van der Waals surface area (Å²) in [6.45, 7) is 8.71. The van der Waals surface area contributed by atoms with E-state index in [1.165, 1.54) is 6.20 Å². The fourth-order valence-corrected chi connectivity index (χ4v) is 2.72. The monoisotopic (exact) mass is 339 g/mol. The molecule has 0 bridgehead atoms. The Morgan fingerprint density at radius 1 is 1.43 bits per heavy atom. The zero-order valence-electron chi connectivity index (χ0n) is 13.9. The zero-order valence-corrected chi connectivity index (χ0v) is 14.7. The first kappa shape index (κ1) is 18.2. The maximum absolute atomic E-state index is 12.3. The van der Waals surface area contributed by atoms with Crippen molar-refractivity contribution in [2.75, 3.05) is 38.2 Å². The molecule has 1 aliphatic rings. The fourth-order valence-electron chi connectivity index (χ4n) is 2.61. The van der Waals surface area contributed by atoms with Gasteiger partial charge in [0.15, 0.2) is 0 Å². The molecule has 23 heavy (non-hydrogen) atoms. The Hall–Kier alpha value is -1.17. The van der Waals surface area contributed by atoms with Gasteiger partial charge in [-0.25, -0.2) is 4.98 Å². The molecule has 1 saturated heterocycles. The van der Waals surface area contributed by atoms with Crippen LogP contribution in [0.4, 0.5) is 5.82 Å². The Labute approximate surface area is 143 Å². The van der Waals surface area contributed by atoms with Gasteiger partial charge in [0.05, 0.1) is 11.6 Å². The molecule has 1 aromatic rings. The lowest BCUT2D eigenvalue weighted by molar-refractivity contribution is -0.121. The summed E-state index contributed by atoms with van der Waals surface area (Å²) in [5.74, 6) is 1.24. The van der Waals surface area contributed by atoms with Crippen LogP contribution in [0, 0.1) is 11.8 Å². The fraction of sp³-hybridized carbons (Fsp3) is 0.647. The summed E-state index contributed by atoms with van der Waals surface area (Å²) in [6.07, 6.45) is 3.30. The number of carbonyl (C=O) groups excluding carboxylic acids is 1. The normalized spacial score (nSPS) is 16.7. The van der Waals surface area contributed by atoms with Crippen molar-refractivity contribution >= 4 is 23.3 Å². The minimum atomic E-state index is 0.0514. The lowest BCUT2D eigenvalue weighted by Crippen LogP contribution is -2.39. The molecule has 1 fully saturated rings. The third-order valence-electron chi connectivity index (χ3n) is 3.94. The van der Waals surface area contributed by atoms with E-state index in [2.05, 4.69) is 29.0 Å². The predicted octanol–water partition coefficient (Wildman–Crippen LogP) is 3.06. The van der Waals surface area contributed by atoms with E-state index in [1.807, 2.05) is 0 Å². The molecule has 1 aliphatic heterocycles. The summed E-state index contributed by atoms with van der Waals surface area (Å²) in [5, 5.41) is 3.43. The quantitative estimate of drug-likeness (QED) is 0.776. The third kappa shape index (κ3) is 6.45. The van der Waals surface area contributed by atoms with E-state index >= 15 is 0 Å². The second-order valence-electron chi connectivity index (χ2n) is 6.44. The first-order chi connectivity index (χ1) is 11.0. The number of carbonyl (C=O) groups is 1. The SMILES string of the molecule is CC(C)COCCN1CCC(C(=O)Nc2ccc(Cl)cn2)CC1. The number of likely N-dealkylation sites (tertiary alicyclic amines) is 1. The molecular formula is C17H26ClN3O2. The third-order valence-corrected chi connectivity index (χ3v) is 4.16. The van der Waals surface area contributed by atoms with Gasteiger partial charge in [-0.15, -0.1) is 0 Å². The first-order valence-corrected chi connectivity index (χ1v) is 8.65. The van der Waals surface area contributed by atoms with E-state index in [0.29, 0.717) is 16.8 Å². The van der Waals surface area contributed by atoms with Gasteiger partial charge < -0.3 is 15.0 Å². The molecule has 5 nitrogen and oxygen atoms in total. The Morgan fingerprint density at radius 2 is 2.17 bits per heavy atom. The van der Waals surface area contributed by atoms with Crippen molar-refractivity contribution in [2.24, 2.45) is 11.8 Å². The van der Waals surface area contributed by atoms with Crippen LogP contribution in [0.5, 0.6) is 0 Å². The smallest absolute Gasteiger partial charge is 0.228 e. The number of piperidine rings is 1. The van der Waals surface area contributed by atoms with Gasteiger partial charge in [0.1, 0.15) is 5.82 Å². The van der Waals surface area contributed by atoms with E-state index in [0.717, 1.165) is 45.7 Å². The number of pyridine rings is 1. The average Bonchev–Trinajstić information content (AvgIpc) is 2.54. The molecule has 0 spiro atoms. The van der Waals surface area contributed by atoms with Crippen LogP contribution in [-0.4, -0.2) is 48.6 Å². The number of hydrogen-bond donors (Lipinski definition) is 1. The molecular weight excluding hydrogens is 314 g/mol. The van der Waals surface area contributed by atoms with Gasteiger partial charge in [-0.05, 0) is 44.0 Å². The van der Waals surface area contributed by atoms with E-state index in [9.17, 15) is 4.79 Å². The van der Waals surface area contributed by atoms with Crippen LogP contribution in [0.1, 0.15) is 26.7 Å². The summed E-state index contributed by atoms with van der Waals surface area (Å²) in [7, 11) is 0. The molecule has 2 rings (SSSR count). The van der Waals surface area contributed by atoms with Gasteiger partial charge >= 0.3 is 0 Å². The second-order valence-corrected chi connectivity index (χ2v) is 6.87. The Bertz CT molecular complexity index is 485. The maximum Gasteiger partial charge on any atom is 0.228 e. The van der Waals surface area contributed by atoms with Gasteiger partial charge in [0.2, 0.25) is 5.91 Å². The van der Waals surface area contributed by atoms with Gasteiger partial charge in [-0.1, -0.05) is 25.4 Å². The van der Waals surface area contributed by atoms with Gasteiger partial charge in [0, 0.05) is 25.3 Å². The van der Waals surface area contributed by atoms with E-state index in [-0.39, 0.29) is 11.8 Å². The molecule has 0 unspecified atom stereocenters. The predicted molar refractivity (Wildman–Crippen MR) is 92.7 cm³/mol. The Balaban J connectivity index is 1.67. The number of nitrogens with zero attached hydrogens (tertiary/aromatic N) is 2. The highest BCUT2D eigenvalue weighted by Crippen LogP contribution is 2.19. The van der Waals surface area contributed by atoms with E-state index in [1.54, 1.807) is 12.1 Å². The molecule has 6 heteroatoms. The average molecular weight is 340 g/mol. The number of anilines is 1.